The molecule has 102 valence electrons. The van der Waals surface area contributed by atoms with E-state index in [1.165, 1.54) is 24.0 Å². The molecule has 0 bridgehead atoms. The molecule has 0 aliphatic carbocycles. The van der Waals surface area contributed by atoms with Crippen LogP contribution in [0.5, 0.6) is 0 Å². The average Bonchev–Trinajstić information content (AvgIpc) is 2.40. The van der Waals surface area contributed by atoms with E-state index >= 15 is 0 Å². The van der Waals surface area contributed by atoms with Crippen LogP contribution >= 0.6 is 11.8 Å². The molecule has 1 rings (SSSR count). The first-order valence-corrected chi connectivity index (χ1v) is 6.77. The number of nitriles is 1. The van der Waals surface area contributed by atoms with Crippen LogP contribution in [0.15, 0.2) is 12.3 Å². The molecular weight excluding hydrogens is 268 g/mol. The smallest absolute Gasteiger partial charge is 0.312 e. The van der Waals surface area contributed by atoms with Gasteiger partial charge in [-0.25, -0.2) is 4.98 Å². The fraction of sp³-hybridized carbons (Fsp3) is 0.455. The van der Waals surface area contributed by atoms with Crippen LogP contribution < -0.4 is 5.32 Å². The highest BCUT2D eigenvalue weighted by Crippen LogP contribution is 2.24. The van der Waals surface area contributed by atoms with Gasteiger partial charge in [-0.15, -0.1) is 0 Å². The Balaban J connectivity index is 3.01. The van der Waals surface area contributed by atoms with Crippen LogP contribution in [-0.4, -0.2) is 39.2 Å². The van der Waals surface area contributed by atoms with Crippen LogP contribution in [0.1, 0.15) is 12.5 Å². The van der Waals surface area contributed by atoms with Gasteiger partial charge in [0.05, 0.1) is 17.1 Å². The Labute approximate surface area is 114 Å². The molecule has 0 saturated carbocycles. The molecule has 8 heteroatoms. The molecule has 0 amide bonds. The third-order valence-electron chi connectivity index (χ3n) is 2.60. The van der Waals surface area contributed by atoms with Crippen molar-refractivity contribution in [3.63, 3.8) is 0 Å². The van der Waals surface area contributed by atoms with Crippen LogP contribution in [0.25, 0.3) is 0 Å². The third-order valence-corrected chi connectivity index (χ3v) is 3.76. The predicted octanol–water partition coefficient (Wildman–Crippen LogP) is 1.39. The standard InChI is InChI=1S/C11H14N4O3S/c1-7(10(6-16)19-2)14-11-9(15(17)18)3-8(4-12)5-13-11/h3,5,7,10,16H,6H2,1-2H3,(H,13,14). The summed E-state index contributed by atoms with van der Waals surface area (Å²) in [7, 11) is 0. The van der Waals surface area contributed by atoms with Crippen molar-refractivity contribution in [3.8, 4) is 6.07 Å². The van der Waals surface area contributed by atoms with Gasteiger partial charge in [-0.05, 0) is 13.2 Å². The first-order chi connectivity index (χ1) is 9.03. The molecule has 7 nitrogen and oxygen atoms in total. The number of nitrogens with one attached hydrogen (secondary N) is 1. The lowest BCUT2D eigenvalue weighted by Gasteiger charge is -2.21. The number of rotatable bonds is 6. The highest BCUT2D eigenvalue weighted by atomic mass is 32.2. The fourth-order valence-corrected chi connectivity index (χ4v) is 2.14. The highest BCUT2D eigenvalue weighted by molar-refractivity contribution is 7.99. The maximum atomic E-state index is 10.9. The molecule has 0 radical (unpaired) electrons. The predicted molar refractivity (Wildman–Crippen MR) is 73.1 cm³/mol. The first kappa shape index (κ1) is 15.2. The summed E-state index contributed by atoms with van der Waals surface area (Å²) in [6.45, 7) is 1.76. The van der Waals surface area contributed by atoms with Crippen molar-refractivity contribution in [2.75, 3.05) is 18.2 Å². The zero-order valence-electron chi connectivity index (χ0n) is 10.5. The van der Waals surface area contributed by atoms with Crippen molar-refractivity contribution in [1.29, 1.82) is 5.26 Å². The Morgan fingerprint density at radius 3 is 2.89 bits per heavy atom. The number of aromatic nitrogens is 1. The summed E-state index contributed by atoms with van der Waals surface area (Å²) in [6.07, 6.45) is 3.12. The van der Waals surface area contributed by atoms with Gasteiger partial charge in [-0.3, -0.25) is 10.1 Å². The zero-order chi connectivity index (χ0) is 14.4. The van der Waals surface area contributed by atoms with Crippen LogP contribution in [-0.2, 0) is 0 Å². The molecule has 2 N–H and O–H groups in total. The van der Waals surface area contributed by atoms with E-state index in [-0.39, 0.29) is 35.0 Å². The molecule has 2 unspecified atom stereocenters. The molecule has 19 heavy (non-hydrogen) atoms. The van der Waals surface area contributed by atoms with E-state index < -0.39 is 4.92 Å². The van der Waals surface area contributed by atoms with Crippen molar-refractivity contribution < 1.29 is 10.0 Å². The van der Waals surface area contributed by atoms with Crippen LogP contribution in [0.2, 0.25) is 0 Å². The molecular formula is C11H14N4O3S. The Hall–Kier alpha value is -1.85. The Morgan fingerprint density at radius 1 is 1.74 bits per heavy atom. The van der Waals surface area contributed by atoms with Gasteiger partial charge in [0.15, 0.2) is 0 Å². The molecule has 0 spiro atoms. The number of nitro groups is 1. The molecule has 0 fully saturated rings. The minimum Gasteiger partial charge on any atom is -0.395 e. The Morgan fingerprint density at radius 2 is 2.42 bits per heavy atom. The normalized spacial score (nSPS) is 13.4. The van der Waals surface area contributed by atoms with Gasteiger partial charge in [0.25, 0.3) is 0 Å². The lowest BCUT2D eigenvalue weighted by Crippen LogP contribution is -2.31. The maximum absolute atomic E-state index is 10.9. The van der Waals surface area contributed by atoms with Crippen molar-refractivity contribution in [2.24, 2.45) is 0 Å². The fourth-order valence-electron chi connectivity index (χ4n) is 1.51. The maximum Gasteiger partial charge on any atom is 0.312 e. The van der Waals surface area contributed by atoms with Crippen LogP contribution in [0.4, 0.5) is 11.5 Å². The summed E-state index contributed by atoms with van der Waals surface area (Å²) in [5.74, 6) is 0.101. The zero-order valence-corrected chi connectivity index (χ0v) is 11.3. The van der Waals surface area contributed by atoms with Gasteiger partial charge in [0, 0.05) is 23.6 Å². The third kappa shape index (κ3) is 3.81. The molecule has 0 aliphatic heterocycles. The number of thioether (sulfide) groups is 1. The molecule has 1 aromatic rings. The number of aliphatic hydroxyl groups excluding tert-OH is 1. The van der Waals surface area contributed by atoms with Crippen molar-refractivity contribution in [1.82, 2.24) is 4.98 Å². The van der Waals surface area contributed by atoms with Crippen molar-refractivity contribution in [3.05, 3.63) is 27.9 Å². The van der Waals surface area contributed by atoms with Gasteiger partial charge in [-0.1, -0.05) is 0 Å². The minimum atomic E-state index is -0.587. The summed E-state index contributed by atoms with van der Waals surface area (Å²) >= 11 is 1.46. The van der Waals surface area contributed by atoms with E-state index in [0.29, 0.717) is 0 Å². The molecule has 0 aliphatic rings. The van der Waals surface area contributed by atoms with Crippen LogP contribution in [0.3, 0.4) is 0 Å². The largest absolute Gasteiger partial charge is 0.395 e. The number of hydrogen-bond donors (Lipinski definition) is 2. The highest BCUT2D eigenvalue weighted by Gasteiger charge is 2.21. The molecule has 0 aromatic carbocycles. The Kier molecular flexibility index (Phi) is 5.54. The summed E-state index contributed by atoms with van der Waals surface area (Å²) in [6, 6.07) is 2.79. The minimum absolute atomic E-state index is 0.0423. The van der Waals surface area contributed by atoms with Gasteiger partial charge in [-0.2, -0.15) is 17.0 Å². The average molecular weight is 282 g/mol. The van der Waals surface area contributed by atoms with Gasteiger partial charge in [0.1, 0.15) is 6.07 Å². The van der Waals surface area contributed by atoms with Crippen LogP contribution in [0, 0.1) is 21.4 Å². The summed E-state index contributed by atoms with van der Waals surface area (Å²) in [5, 5.41) is 31.6. The number of aliphatic hydroxyl groups is 1. The van der Waals surface area contributed by atoms with E-state index in [2.05, 4.69) is 10.3 Å². The van der Waals surface area contributed by atoms with E-state index in [9.17, 15) is 15.2 Å². The number of anilines is 1. The molecule has 1 aromatic heterocycles. The monoisotopic (exact) mass is 282 g/mol. The molecule has 2 atom stereocenters. The second-order valence-corrected chi connectivity index (χ2v) is 4.93. The summed E-state index contributed by atoms with van der Waals surface area (Å²) < 4.78 is 0. The van der Waals surface area contributed by atoms with Gasteiger partial charge >= 0.3 is 5.69 Å². The van der Waals surface area contributed by atoms with E-state index in [1.807, 2.05) is 12.3 Å². The van der Waals surface area contributed by atoms with E-state index in [0.717, 1.165) is 0 Å². The number of pyridine rings is 1. The number of hydrogen-bond acceptors (Lipinski definition) is 7. The van der Waals surface area contributed by atoms with E-state index in [1.54, 1.807) is 6.92 Å². The number of nitrogens with zero attached hydrogens (tertiary/aromatic N) is 3. The molecule has 1 heterocycles. The summed E-state index contributed by atoms with van der Waals surface area (Å²) in [5.41, 5.74) is -0.114. The van der Waals surface area contributed by atoms with Gasteiger partial charge < -0.3 is 10.4 Å². The lowest BCUT2D eigenvalue weighted by atomic mass is 10.2. The molecule has 0 saturated heterocycles. The second-order valence-electron chi connectivity index (χ2n) is 3.85. The SMILES string of the molecule is CSC(CO)C(C)Nc1ncc(C#N)cc1[N+](=O)[O-]. The van der Waals surface area contributed by atoms with Crippen molar-refractivity contribution >= 4 is 23.3 Å². The van der Waals surface area contributed by atoms with E-state index in [4.69, 9.17) is 5.26 Å². The summed E-state index contributed by atoms with van der Waals surface area (Å²) in [4.78, 5) is 14.3. The lowest BCUT2D eigenvalue weighted by molar-refractivity contribution is -0.384. The topological polar surface area (TPSA) is 112 Å². The van der Waals surface area contributed by atoms with Gasteiger partial charge in [0.2, 0.25) is 5.82 Å². The van der Waals surface area contributed by atoms with Crippen molar-refractivity contribution in [2.45, 2.75) is 18.2 Å². The second kappa shape index (κ2) is 6.92. The quantitative estimate of drug-likeness (QED) is 0.598. The first-order valence-electron chi connectivity index (χ1n) is 5.48. The Bertz CT molecular complexity index is 499.